The molecule has 0 radical (unpaired) electrons. The third kappa shape index (κ3) is 1.80. The monoisotopic (exact) mass is 287 g/mol. The molecule has 0 aliphatic rings. The highest BCUT2D eigenvalue weighted by Crippen LogP contribution is 2.38. The molecule has 1 aromatic carbocycles. The van der Waals surface area contributed by atoms with Gasteiger partial charge in [0.2, 0.25) is 0 Å². The van der Waals surface area contributed by atoms with Crippen LogP contribution >= 0.6 is 38.9 Å². The Bertz CT molecular complexity index is 467. The van der Waals surface area contributed by atoms with Gasteiger partial charge in [-0.15, -0.1) is 11.3 Å². The van der Waals surface area contributed by atoms with Crippen LogP contribution in [0.25, 0.3) is 10.4 Å². The van der Waals surface area contributed by atoms with Gasteiger partial charge in [-0.2, -0.15) is 0 Å². The van der Waals surface area contributed by atoms with E-state index in [1.807, 2.05) is 23.6 Å². The first-order valence-electron chi connectivity index (χ1n) is 3.97. The van der Waals surface area contributed by atoms with Crippen LogP contribution in [0, 0.1) is 0 Å². The van der Waals surface area contributed by atoms with Crippen LogP contribution < -0.4 is 5.73 Å². The summed E-state index contributed by atoms with van der Waals surface area (Å²) in [5.74, 6) is 0. The number of nitrogens with two attached hydrogens (primary N) is 1. The number of thiophene rings is 1. The number of hydrogen-bond donors (Lipinski definition) is 1. The summed E-state index contributed by atoms with van der Waals surface area (Å²) < 4.78 is 1.06. The van der Waals surface area contributed by atoms with Crippen LogP contribution in [-0.2, 0) is 0 Å². The lowest BCUT2D eigenvalue weighted by Crippen LogP contribution is -1.84. The van der Waals surface area contributed by atoms with Gasteiger partial charge in [0.15, 0.2) is 0 Å². The molecule has 0 saturated carbocycles. The SMILES string of the molecule is Nc1ccc(-c2sccc2Br)c(Cl)c1. The lowest BCUT2D eigenvalue weighted by atomic mass is 10.2. The number of rotatable bonds is 1. The van der Waals surface area contributed by atoms with Crippen LogP contribution in [0.4, 0.5) is 5.69 Å². The van der Waals surface area contributed by atoms with E-state index in [2.05, 4.69) is 15.9 Å². The maximum absolute atomic E-state index is 6.10. The van der Waals surface area contributed by atoms with Crippen LogP contribution in [0.1, 0.15) is 0 Å². The summed E-state index contributed by atoms with van der Waals surface area (Å²) in [6.07, 6.45) is 0. The van der Waals surface area contributed by atoms with Crippen LogP contribution in [0.15, 0.2) is 34.1 Å². The van der Waals surface area contributed by atoms with Gasteiger partial charge in [-0.3, -0.25) is 0 Å². The van der Waals surface area contributed by atoms with Crippen molar-refractivity contribution in [2.75, 3.05) is 5.73 Å². The minimum absolute atomic E-state index is 0.687. The second-order valence-electron chi connectivity index (χ2n) is 2.84. The van der Waals surface area contributed by atoms with Crippen molar-refractivity contribution >= 4 is 44.6 Å². The second kappa shape index (κ2) is 3.93. The van der Waals surface area contributed by atoms with Crippen LogP contribution in [0.2, 0.25) is 5.02 Å². The average Bonchev–Trinajstić information content (AvgIpc) is 2.52. The van der Waals surface area contributed by atoms with Gasteiger partial charge < -0.3 is 5.73 Å². The van der Waals surface area contributed by atoms with Crippen LogP contribution in [0.5, 0.6) is 0 Å². The zero-order valence-corrected chi connectivity index (χ0v) is 10.3. The van der Waals surface area contributed by atoms with Gasteiger partial charge in [-0.25, -0.2) is 0 Å². The van der Waals surface area contributed by atoms with Gasteiger partial charge in [0.05, 0.1) is 5.02 Å². The Hall–Kier alpha value is -0.510. The minimum Gasteiger partial charge on any atom is -0.399 e. The smallest absolute Gasteiger partial charge is 0.0513 e. The summed E-state index contributed by atoms with van der Waals surface area (Å²) in [5, 5.41) is 2.71. The molecule has 1 aromatic heterocycles. The van der Waals surface area contributed by atoms with Crippen molar-refractivity contribution in [2.24, 2.45) is 0 Å². The molecule has 72 valence electrons. The number of hydrogen-bond acceptors (Lipinski definition) is 2. The van der Waals surface area contributed by atoms with E-state index in [-0.39, 0.29) is 0 Å². The maximum Gasteiger partial charge on any atom is 0.0513 e. The topological polar surface area (TPSA) is 26.0 Å². The van der Waals surface area contributed by atoms with Crippen molar-refractivity contribution < 1.29 is 0 Å². The van der Waals surface area contributed by atoms with E-state index >= 15 is 0 Å². The zero-order chi connectivity index (χ0) is 10.1. The second-order valence-corrected chi connectivity index (χ2v) is 5.01. The first kappa shape index (κ1) is 10.0. The average molecular weight is 289 g/mol. The molecule has 0 amide bonds. The Kier molecular flexibility index (Phi) is 2.81. The highest BCUT2D eigenvalue weighted by atomic mass is 79.9. The van der Waals surface area contributed by atoms with Crippen molar-refractivity contribution in [3.63, 3.8) is 0 Å². The first-order chi connectivity index (χ1) is 6.68. The Labute approximate surface area is 99.6 Å². The molecule has 0 unspecified atom stereocenters. The van der Waals surface area contributed by atoms with Gasteiger partial charge in [0.1, 0.15) is 0 Å². The molecule has 2 N–H and O–H groups in total. The van der Waals surface area contributed by atoms with Crippen molar-refractivity contribution in [3.05, 3.63) is 39.1 Å². The highest BCUT2D eigenvalue weighted by molar-refractivity contribution is 9.10. The molecule has 1 nitrogen and oxygen atoms in total. The van der Waals surface area contributed by atoms with E-state index in [4.69, 9.17) is 17.3 Å². The molecule has 0 atom stereocenters. The predicted molar refractivity (Wildman–Crippen MR) is 66.9 cm³/mol. The van der Waals surface area contributed by atoms with Crippen LogP contribution in [-0.4, -0.2) is 0 Å². The van der Waals surface area contributed by atoms with E-state index in [0.717, 1.165) is 14.9 Å². The van der Waals surface area contributed by atoms with Crippen molar-refractivity contribution in [3.8, 4) is 10.4 Å². The quantitative estimate of drug-likeness (QED) is 0.773. The summed E-state index contributed by atoms with van der Waals surface area (Å²) in [6, 6.07) is 7.57. The number of nitrogen functional groups attached to an aromatic ring is 1. The van der Waals surface area contributed by atoms with Crippen LogP contribution in [0.3, 0.4) is 0 Å². The third-order valence-electron chi connectivity index (χ3n) is 1.85. The molecule has 14 heavy (non-hydrogen) atoms. The molecule has 4 heteroatoms. The minimum atomic E-state index is 0.687. The Morgan fingerprint density at radius 2 is 2.07 bits per heavy atom. The summed E-state index contributed by atoms with van der Waals surface area (Å²) >= 11 is 11.2. The Balaban J connectivity index is 2.58. The molecule has 0 bridgehead atoms. The van der Waals surface area contributed by atoms with Gasteiger partial charge in [0, 0.05) is 20.6 Å². The predicted octanol–water partition coefficient (Wildman–Crippen LogP) is 4.41. The van der Waals surface area contributed by atoms with E-state index in [0.29, 0.717) is 10.7 Å². The maximum atomic E-state index is 6.10. The summed E-state index contributed by atoms with van der Waals surface area (Å²) in [5.41, 5.74) is 7.33. The van der Waals surface area contributed by atoms with Crippen molar-refractivity contribution in [1.82, 2.24) is 0 Å². The lowest BCUT2D eigenvalue weighted by Gasteiger charge is -2.03. The summed E-state index contributed by atoms with van der Waals surface area (Å²) in [6.45, 7) is 0. The van der Waals surface area contributed by atoms with Gasteiger partial charge in [-0.05, 0) is 45.6 Å². The highest BCUT2D eigenvalue weighted by Gasteiger charge is 2.08. The molecular weight excluding hydrogens is 282 g/mol. The van der Waals surface area contributed by atoms with Gasteiger partial charge in [0.25, 0.3) is 0 Å². The van der Waals surface area contributed by atoms with Crippen molar-refractivity contribution in [1.29, 1.82) is 0 Å². The molecule has 0 fully saturated rings. The molecule has 1 heterocycles. The van der Waals surface area contributed by atoms with Gasteiger partial charge in [-0.1, -0.05) is 11.6 Å². The first-order valence-corrected chi connectivity index (χ1v) is 6.02. The fraction of sp³-hybridized carbons (Fsp3) is 0. The number of halogens is 2. The lowest BCUT2D eigenvalue weighted by molar-refractivity contribution is 1.66. The zero-order valence-electron chi connectivity index (χ0n) is 7.13. The molecule has 0 saturated heterocycles. The summed E-state index contributed by atoms with van der Waals surface area (Å²) in [7, 11) is 0. The third-order valence-corrected chi connectivity index (χ3v) is 4.04. The Morgan fingerprint density at radius 1 is 1.29 bits per heavy atom. The standard InChI is InChI=1S/C10H7BrClNS/c11-8-3-4-14-10(8)7-2-1-6(13)5-9(7)12/h1-5H,13H2. The van der Waals surface area contributed by atoms with Gasteiger partial charge >= 0.3 is 0 Å². The van der Waals surface area contributed by atoms with Crippen molar-refractivity contribution in [2.45, 2.75) is 0 Å². The molecular formula is C10H7BrClNS. The molecule has 2 aromatic rings. The molecule has 0 aliphatic carbocycles. The van der Waals surface area contributed by atoms with E-state index in [1.165, 1.54) is 0 Å². The Morgan fingerprint density at radius 3 is 2.64 bits per heavy atom. The molecule has 0 aliphatic heterocycles. The normalized spacial score (nSPS) is 10.4. The number of anilines is 1. The van der Waals surface area contributed by atoms with E-state index in [9.17, 15) is 0 Å². The van der Waals surface area contributed by atoms with E-state index < -0.39 is 0 Å². The fourth-order valence-corrected chi connectivity index (χ4v) is 3.17. The summed E-state index contributed by atoms with van der Waals surface area (Å²) in [4.78, 5) is 1.13. The number of benzene rings is 1. The van der Waals surface area contributed by atoms with E-state index in [1.54, 1.807) is 17.4 Å². The largest absolute Gasteiger partial charge is 0.399 e. The fourth-order valence-electron chi connectivity index (χ4n) is 1.20. The molecule has 2 rings (SSSR count). The molecule has 0 spiro atoms.